The van der Waals surface area contributed by atoms with Crippen molar-refractivity contribution in [2.45, 2.75) is 18.8 Å². The summed E-state index contributed by atoms with van der Waals surface area (Å²) in [7, 11) is 1.87. The second-order valence-corrected chi connectivity index (χ2v) is 4.00. The molecule has 82 valence electrons. The molecule has 0 bridgehead atoms. The van der Waals surface area contributed by atoms with E-state index in [2.05, 4.69) is 15.3 Å². The molecule has 4 heteroatoms. The minimum Gasteiger partial charge on any atom is -0.463 e. The normalized spacial score (nSPS) is 15.1. The Bertz CT molecular complexity index is 489. The highest BCUT2D eigenvalue weighted by molar-refractivity contribution is 5.57. The topological polar surface area (TPSA) is 51.0 Å². The molecule has 16 heavy (non-hydrogen) atoms. The van der Waals surface area contributed by atoms with Crippen LogP contribution in [0.3, 0.4) is 0 Å². The van der Waals surface area contributed by atoms with Gasteiger partial charge in [-0.05, 0) is 25.0 Å². The van der Waals surface area contributed by atoms with E-state index in [0.717, 1.165) is 23.1 Å². The lowest BCUT2D eigenvalue weighted by molar-refractivity contribution is 0.579. The highest BCUT2D eigenvalue weighted by atomic mass is 16.3. The minimum atomic E-state index is 0.544. The number of hydrogen-bond acceptors (Lipinski definition) is 4. The van der Waals surface area contributed by atoms with Crippen LogP contribution in [-0.2, 0) is 0 Å². The molecule has 1 N–H and O–H groups in total. The third kappa shape index (κ3) is 1.66. The zero-order valence-corrected chi connectivity index (χ0v) is 9.10. The average molecular weight is 215 g/mol. The number of furan rings is 1. The number of rotatable bonds is 3. The molecule has 1 saturated carbocycles. The quantitative estimate of drug-likeness (QED) is 0.855. The number of aromatic nitrogens is 2. The maximum atomic E-state index is 5.36. The first kappa shape index (κ1) is 9.39. The van der Waals surface area contributed by atoms with Crippen molar-refractivity contribution in [3.05, 3.63) is 30.3 Å². The van der Waals surface area contributed by atoms with Crippen molar-refractivity contribution in [1.29, 1.82) is 0 Å². The predicted molar refractivity (Wildman–Crippen MR) is 61.3 cm³/mol. The molecule has 2 aromatic rings. The van der Waals surface area contributed by atoms with Crippen LogP contribution in [0, 0.1) is 0 Å². The van der Waals surface area contributed by atoms with Gasteiger partial charge in [0.15, 0.2) is 5.76 Å². The van der Waals surface area contributed by atoms with Crippen molar-refractivity contribution in [3.8, 4) is 11.5 Å². The third-order valence-electron chi connectivity index (χ3n) is 2.72. The molecular weight excluding hydrogens is 202 g/mol. The van der Waals surface area contributed by atoms with Gasteiger partial charge in [-0.1, -0.05) is 0 Å². The van der Waals surface area contributed by atoms with Gasteiger partial charge in [-0.2, -0.15) is 0 Å². The molecule has 0 atom stereocenters. The van der Waals surface area contributed by atoms with Crippen LogP contribution in [0.1, 0.15) is 24.6 Å². The zero-order chi connectivity index (χ0) is 11.0. The summed E-state index contributed by atoms with van der Waals surface area (Å²) in [6, 6.07) is 5.69. The summed E-state index contributed by atoms with van der Waals surface area (Å²) in [6.45, 7) is 0. The van der Waals surface area contributed by atoms with Crippen LogP contribution in [0.2, 0.25) is 0 Å². The number of nitrogens with one attached hydrogen (secondary N) is 1. The van der Waals surface area contributed by atoms with Crippen LogP contribution in [0.15, 0.2) is 28.9 Å². The van der Waals surface area contributed by atoms with Crippen molar-refractivity contribution < 1.29 is 4.42 Å². The molecule has 0 radical (unpaired) electrons. The van der Waals surface area contributed by atoms with Gasteiger partial charge < -0.3 is 9.73 Å². The highest BCUT2D eigenvalue weighted by Crippen LogP contribution is 2.39. The van der Waals surface area contributed by atoms with Gasteiger partial charge in [0.2, 0.25) is 0 Å². The van der Waals surface area contributed by atoms with Gasteiger partial charge in [0.05, 0.1) is 6.26 Å². The van der Waals surface area contributed by atoms with Gasteiger partial charge in [0.25, 0.3) is 0 Å². The van der Waals surface area contributed by atoms with Crippen molar-refractivity contribution in [3.63, 3.8) is 0 Å². The molecule has 1 fully saturated rings. The lowest BCUT2D eigenvalue weighted by Crippen LogP contribution is -2.00. The summed E-state index contributed by atoms with van der Waals surface area (Å²) in [6.07, 6.45) is 4.06. The first-order valence-corrected chi connectivity index (χ1v) is 5.47. The maximum Gasteiger partial charge on any atom is 0.152 e. The lowest BCUT2D eigenvalue weighted by Gasteiger charge is -2.05. The fraction of sp³-hybridized carbons (Fsp3) is 0.333. The van der Waals surface area contributed by atoms with Crippen LogP contribution < -0.4 is 5.32 Å². The molecule has 3 rings (SSSR count). The minimum absolute atomic E-state index is 0.544. The van der Waals surface area contributed by atoms with Gasteiger partial charge >= 0.3 is 0 Å². The van der Waals surface area contributed by atoms with E-state index in [-0.39, 0.29) is 0 Å². The number of anilines is 1. The van der Waals surface area contributed by atoms with E-state index < -0.39 is 0 Å². The van der Waals surface area contributed by atoms with E-state index in [1.54, 1.807) is 6.26 Å². The standard InChI is InChI=1S/C12H13N3O/c1-13-11-7-9(10-3-2-6-16-10)14-12(15-11)8-4-5-8/h2-3,6-8H,4-5H2,1H3,(H,13,14,15). The zero-order valence-electron chi connectivity index (χ0n) is 9.10. The third-order valence-corrected chi connectivity index (χ3v) is 2.72. The molecule has 0 unspecified atom stereocenters. The Kier molecular flexibility index (Phi) is 2.13. The van der Waals surface area contributed by atoms with E-state index >= 15 is 0 Å². The van der Waals surface area contributed by atoms with Gasteiger partial charge in [-0.25, -0.2) is 9.97 Å². The van der Waals surface area contributed by atoms with Crippen LogP contribution in [-0.4, -0.2) is 17.0 Å². The summed E-state index contributed by atoms with van der Waals surface area (Å²) in [4.78, 5) is 9.00. The lowest BCUT2D eigenvalue weighted by atomic mass is 10.3. The van der Waals surface area contributed by atoms with Crippen LogP contribution in [0.25, 0.3) is 11.5 Å². The largest absolute Gasteiger partial charge is 0.463 e. The Hall–Kier alpha value is -1.84. The van der Waals surface area contributed by atoms with Crippen molar-refractivity contribution >= 4 is 5.82 Å². The fourth-order valence-corrected chi connectivity index (χ4v) is 1.67. The van der Waals surface area contributed by atoms with Crippen LogP contribution >= 0.6 is 0 Å². The van der Waals surface area contributed by atoms with E-state index in [1.807, 2.05) is 25.2 Å². The van der Waals surface area contributed by atoms with E-state index in [4.69, 9.17) is 4.42 Å². The summed E-state index contributed by atoms with van der Waals surface area (Å²) in [5.74, 6) is 3.12. The van der Waals surface area contributed by atoms with Crippen molar-refractivity contribution in [2.24, 2.45) is 0 Å². The van der Waals surface area contributed by atoms with Crippen molar-refractivity contribution in [2.75, 3.05) is 12.4 Å². The molecule has 2 aromatic heterocycles. The van der Waals surface area contributed by atoms with Crippen LogP contribution in [0.4, 0.5) is 5.82 Å². The van der Waals surface area contributed by atoms with E-state index in [9.17, 15) is 0 Å². The molecular formula is C12H13N3O. The summed E-state index contributed by atoms with van der Waals surface area (Å²) < 4.78 is 5.36. The number of nitrogens with zero attached hydrogens (tertiary/aromatic N) is 2. The summed E-state index contributed by atoms with van der Waals surface area (Å²) in [5.41, 5.74) is 0.853. The molecule has 2 heterocycles. The van der Waals surface area contributed by atoms with Gasteiger partial charge in [0, 0.05) is 19.0 Å². The monoisotopic (exact) mass is 215 g/mol. The molecule has 1 aliphatic rings. The molecule has 4 nitrogen and oxygen atoms in total. The Balaban J connectivity index is 2.06. The van der Waals surface area contributed by atoms with Gasteiger partial charge in [0.1, 0.15) is 17.3 Å². The van der Waals surface area contributed by atoms with E-state index in [1.165, 1.54) is 12.8 Å². The Morgan fingerprint density at radius 1 is 1.38 bits per heavy atom. The van der Waals surface area contributed by atoms with Crippen LogP contribution in [0.5, 0.6) is 0 Å². The second kappa shape index (κ2) is 3.63. The molecule has 0 aliphatic heterocycles. The highest BCUT2D eigenvalue weighted by Gasteiger charge is 2.27. The van der Waals surface area contributed by atoms with Gasteiger partial charge in [-0.15, -0.1) is 0 Å². The Morgan fingerprint density at radius 3 is 2.88 bits per heavy atom. The number of hydrogen-bond donors (Lipinski definition) is 1. The SMILES string of the molecule is CNc1cc(-c2ccco2)nc(C2CC2)n1. The Labute approximate surface area is 93.7 Å². The Morgan fingerprint density at radius 2 is 2.25 bits per heavy atom. The predicted octanol–water partition coefficient (Wildman–Crippen LogP) is 2.66. The first-order valence-electron chi connectivity index (χ1n) is 5.47. The fourth-order valence-electron chi connectivity index (χ4n) is 1.67. The van der Waals surface area contributed by atoms with Crippen molar-refractivity contribution in [1.82, 2.24) is 9.97 Å². The smallest absolute Gasteiger partial charge is 0.152 e. The summed E-state index contributed by atoms with van der Waals surface area (Å²) in [5, 5.41) is 3.06. The summed E-state index contributed by atoms with van der Waals surface area (Å²) >= 11 is 0. The molecule has 0 amide bonds. The molecule has 0 saturated heterocycles. The average Bonchev–Trinajstić information content (AvgIpc) is 3.04. The molecule has 0 spiro atoms. The maximum absolute atomic E-state index is 5.36. The first-order chi connectivity index (χ1) is 7.86. The molecule has 0 aromatic carbocycles. The van der Waals surface area contributed by atoms with Gasteiger partial charge in [-0.3, -0.25) is 0 Å². The molecule has 1 aliphatic carbocycles. The van der Waals surface area contributed by atoms with E-state index in [0.29, 0.717) is 5.92 Å². The second-order valence-electron chi connectivity index (χ2n) is 4.00.